The molecule has 56 heavy (non-hydrogen) atoms. The van der Waals surface area contributed by atoms with Crippen molar-refractivity contribution in [2.24, 2.45) is 34.5 Å². The first-order chi connectivity index (χ1) is 27.0. The van der Waals surface area contributed by atoms with Crippen molar-refractivity contribution in [1.82, 2.24) is 14.9 Å². The Bertz CT molecular complexity index is 1990. The number of ether oxygens (including phenoxy) is 1. The van der Waals surface area contributed by atoms with Crippen LogP contribution in [0.4, 0.5) is 17.6 Å². The molecule has 4 aliphatic carbocycles. The van der Waals surface area contributed by atoms with E-state index in [0.29, 0.717) is 72.1 Å². The minimum absolute atomic E-state index is 0.0252. The number of aromatic nitrogens is 2. The van der Waals surface area contributed by atoms with Gasteiger partial charge >= 0.3 is 5.97 Å². The van der Waals surface area contributed by atoms with Crippen LogP contribution in [0.2, 0.25) is 0 Å². The average Bonchev–Trinajstić information content (AvgIpc) is 3.97. The number of nitrogens with zero attached hydrogens (tertiary/aromatic N) is 6. The van der Waals surface area contributed by atoms with Crippen LogP contribution >= 0.6 is 0 Å². The van der Waals surface area contributed by atoms with Gasteiger partial charge in [-0.25, -0.2) is 4.79 Å². The van der Waals surface area contributed by atoms with E-state index in [2.05, 4.69) is 52.5 Å². The van der Waals surface area contributed by atoms with Crippen molar-refractivity contribution in [3.63, 3.8) is 0 Å². The highest BCUT2D eigenvalue weighted by Crippen LogP contribution is 2.65. The van der Waals surface area contributed by atoms with Gasteiger partial charge in [0, 0.05) is 63.7 Å². The van der Waals surface area contributed by atoms with Crippen LogP contribution in [0.15, 0.2) is 59.7 Å². The summed E-state index contributed by atoms with van der Waals surface area (Å²) in [7, 11) is 0. The van der Waals surface area contributed by atoms with Crippen LogP contribution in [0.1, 0.15) is 88.1 Å². The second-order valence-corrected chi connectivity index (χ2v) is 18.3. The number of ketones is 2. The Labute approximate surface area is 332 Å². The third-order valence-electron chi connectivity index (χ3n) is 14.8. The molecular weight excluding hydrogens is 701 g/mol. The predicted molar refractivity (Wildman–Crippen MR) is 219 cm³/mol. The van der Waals surface area contributed by atoms with Gasteiger partial charge in [-0.3, -0.25) is 14.5 Å². The smallest absolute Gasteiger partial charge is 0.343 e. The van der Waals surface area contributed by atoms with Gasteiger partial charge in [-0.2, -0.15) is 9.97 Å². The molecule has 10 nitrogen and oxygen atoms in total. The molecule has 3 saturated heterocycles. The molecule has 1 aromatic carbocycles. The van der Waals surface area contributed by atoms with Gasteiger partial charge in [0.2, 0.25) is 11.7 Å². The van der Waals surface area contributed by atoms with E-state index in [4.69, 9.17) is 14.7 Å². The van der Waals surface area contributed by atoms with Gasteiger partial charge in [0.15, 0.2) is 23.2 Å². The monoisotopic (exact) mass is 758 g/mol. The van der Waals surface area contributed by atoms with Gasteiger partial charge in [0.1, 0.15) is 0 Å². The summed E-state index contributed by atoms with van der Waals surface area (Å²) in [5.41, 5.74) is 4.09. The lowest BCUT2D eigenvalue weighted by atomic mass is 9.52. The Hall–Kier alpha value is -4.31. The van der Waals surface area contributed by atoms with Gasteiger partial charge < -0.3 is 19.4 Å². The van der Waals surface area contributed by atoms with Crippen molar-refractivity contribution >= 4 is 35.1 Å². The highest BCUT2D eigenvalue weighted by molar-refractivity contribution is 6.01. The van der Waals surface area contributed by atoms with Crippen LogP contribution in [0.25, 0.3) is 0 Å². The Kier molecular flexibility index (Phi) is 9.70. The highest BCUT2D eigenvalue weighted by atomic mass is 16.5. The molecule has 0 radical (unpaired) electrons. The Morgan fingerprint density at radius 3 is 2.20 bits per heavy atom. The zero-order valence-corrected chi connectivity index (χ0v) is 33.8. The first-order valence-electron chi connectivity index (χ1n) is 21.4. The second kappa shape index (κ2) is 14.6. The Morgan fingerprint density at radius 1 is 0.875 bits per heavy atom. The highest BCUT2D eigenvalue weighted by Gasteiger charge is 2.59. The normalized spacial score (nSPS) is 31.5. The quantitative estimate of drug-likeness (QED) is 0.207. The number of piperazine rings is 1. The van der Waals surface area contributed by atoms with E-state index < -0.39 is 5.97 Å². The van der Waals surface area contributed by atoms with E-state index in [9.17, 15) is 14.4 Å². The number of carbonyl (C=O) groups excluding carboxylic acids is 3. The maximum atomic E-state index is 14.5. The summed E-state index contributed by atoms with van der Waals surface area (Å²) < 4.78 is 6.34. The maximum Gasteiger partial charge on any atom is 0.343 e. The number of benzene rings is 1. The van der Waals surface area contributed by atoms with E-state index >= 15 is 0 Å². The Morgan fingerprint density at radius 2 is 1.52 bits per heavy atom. The number of anilines is 3. The summed E-state index contributed by atoms with van der Waals surface area (Å²) in [4.78, 5) is 59.8. The molecule has 2 saturated carbocycles. The summed E-state index contributed by atoms with van der Waals surface area (Å²) in [6.45, 7) is 15.9. The zero-order chi connectivity index (χ0) is 38.8. The molecule has 9 rings (SSSR count). The number of aryl methyl sites for hydroxylation is 1. The molecule has 5 fully saturated rings. The predicted octanol–water partition coefficient (Wildman–Crippen LogP) is 6.99. The summed E-state index contributed by atoms with van der Waals surface area (Å²) in [5.74, 6) is 3.91. The maximum absolute atomic E-state index is 14.5. The molecular formula is C46H58N6O4. The van der Waals surface area contributed by atoms with Crippen molar-refractivity contribution in [1.29, 1.82) is 0 Å². The van der Waals surface area contributed by atoms with Gasteiger partial charge in [-0.05, 0) is 113 Å². The molecule has 10 heteroatoms. The molecule has 0 bridgehead atoms. The second-order valence-electron chi connectivity index (χ2n) is 18.3. The van der Waals surface area contributed by atoms with E-state index in [1.165, 1.54) is 11.1 Å². The van der Waals surface area contributed by atoms with Gasteiger partial charge in [0.05, 0.1) is 12.1 Å². The van der Waals surface area contributed by atoms with E-state index in [1.54, 1.807) is 6.08 Å². The summed E-state index contributed by atoms with van der Waals surface area (Å²) >= 11 is 0. The molecule has 0 N–H and O–H groups in total. The molecule has 1 aromatic heterocycles. The van der Waals surface area contributed by atoms with Crippen LogP contribution in [0.3, 0.4) is 0 Å². The molecule has 2 aromatic rings. The fourth-order valence-corrected chi connectivity index (χ4v) is 11.8. The molecule has 3 aliphatic heterocycles. The number of allylic oxidation sites excluding steroid dienone is 6. The molecule has 7 aliphatic rings. The topological polar surface area (TPSA) is 99.2 Å². The molecule has 0 amide bonds. The van der Waals surface area contributed by atoms with E-state index in [0.717, 1.165) is 96.2 Å². The zero-order valence-electron chi connectivity index (χ0n) is 33.8. The van der Waals surface area contributed by atoms with Crippen molar-refractivity contribution in [2.45, 2.75) is 79.1 Å². The number of rotatable bonds is 8. The summed E-state index contributed by atoms with van der Waals surface area (Å²) in [5, 5.41) is 0. The number of Topliss-reactive ketones (excluding diaryl/α,β-unsaturated/α-hetero) is 1. The average molecular weight is 759 g/mol. The largest absolute Gasteiger partial charge is 0.415 e. The van der Waals surface area contributed by atoms with E-state index in [-0.39, 0.29) is 22.5 Å². The SMILES string of the molecule is Cc1ccc(C(=O)Oc2c(N3CCCC3)nc(N3CCCC3)nc2N2CCN(CC(=O)[C@H]3[C@H](C)CC4C5CCC6=CC(=O)C=C[C@]6(C)C5=CC[C@@]43C)CC2)cc1. The minimum atomic E-state index is -0.403. The van der Waals surface area contributed by atoms with Crippen molar-refractivity contribution in [3.8, 4) is 5.75 Å². The van der Waals surface area contributed by atoms with Gasteiger partial charge in [0.25, 0.3) is 0 Å². The van der Waals surface area contributed by atoms with Crippen LogP contribution in [0.5, 0.6) is 5.75 Å². The Balaban J connectivity index is 0.937. The van der Waals surface area contributed by atoms with Gasteiger partial charge in [-0.1, -0.05) is 54.8 Å². The lowest BCUT2D eigenvalue weighted by Crippen LogP contribution is -2.51. The summed E-state index contributed by atoms with van der Waals surface area (Å²) in [6, 6.07) is 7.50. The fourth-order valence-electron chi connectivity index (χ4n) is 11.8. The van der Waals surface area contributed by atoms with Crippen molar-refractivity contribution < 1.29 is 19.1 Å². The first-order valence-corrected chi connectivity index (χ1v) is 21.4. The molecule has 4 heterocycles. The lowest BCUT2D eigenvalue weighted by molar-refractivity contribution is -0.129. The van der Waals surface area contributed by atoms with Crippen LogP contribution in [0, 0.1) is 41.4 Å². The third kappa shape index (κ3) is 6.49. The van der Waals surface area contributed by atoms with Crippen LogP contribution in [-0.4, -0.2) is 91.3 Å². The number of hydrogen-bond acceptors (Lipinski definition) is 10. The number of carbonyl (C=O) groups is 3. The van der Waals surface area contributed by atoms with Crippen LogP contribution < -0.4 is 19.4 Å². The van der Waals surface area contributed by atoms with Crippen molar-refractivity contribution in [2.75, 3.05) is 73.6 Å². The number of hydrogen-bond donors (Lipinski definition) is 0. The molecule has 2 unspecified atom stereocenters. The van der Waals surface area contributed by atoms with Gasteiger partial charge in [-0.15, -0.1) is 0 Å². The molecule has 296 valence electrons. The third-order valence-corrected chi connectivity index (χ3v) is 14.8. The van der Waals surface area contributed by atoms with Crippen molar-refractivity contribution in [3.05, 3.63) is 70.8 Å². The number of esters is 1. The number of fused-ring (bicyclic) bond motifs is 5. The molecule has 0 spiro atoms. The van der Waals surface area contributed by atoms with E-state index in [1.807, 2.05) is 37.3 Å². The standard InChI is InChI=1S/C46H58N6O4/c1-30-9-11-32(12-10-30)43(55)56-40-41(50-19-5-6-20-50)47-44(52-21-7-8-22-52)48-42(40)51-25-23-49(24-26-51)29-38(54)39-31(2)27-37-35-14-13-33-28-34(53)15-17-45(33,3)36(35)16-18-46(37,39)4/h9-12,15-17,28,31,35,37,39H,5-8,13-14,18-27,29H2,1-4H3/t31-,35?,37?,39-,45+,46+/m1/s1. The summed E-state index contributed by atoms with van der Waals surface area (Å²) in [6.07, 6.45) is 16.6. The first kappa shape index (κ1) is 37.3. The minimum Gasteiger partial charge on any atom is -0.415 e. The fraction of sp³-hybridized carbons (Fsp3) is 0.587. The van der Waals surface area contributed by atoms with Crippen LogP contribution in [-0.2, 0) is 9.59 Å². The lowest BCUT2D eigenvalue weighted by Gasteiger charge is -2.52. The molecule has 6 atom stereocenters.